The van der Waals surface area contributed by atoms with Crippen molar-refractivity contribution in [3.05, 3.63) is 48.4 Å². The van der Waals surface area contributed by atoms with Crippen molar-refractivity contribution < 1.29 is 33.3 Å². The second kappa shape index (κ2) is 5.55. The topological polar surface area (TPSA) is 33.7 Å². The van der Waals surface area contributed by atoms with Crippen molar-refractivity contribution in [2.45, 2.75) is 20.0 Å². The highest BCUT2D eigenvalue weighted by molar-refractivity contribution is 6.06. The van der Waals surface area contributed by atoms with Crippen molar-refractivity contribution in [3.63, 3.8) is 0 Å². The van der Waals surface area contributed by atoms with E-state index >= 15 is 0 Å². The molecule has 4 rings (SSSR count). The quantitative estimate of drug-likeness (QED) is 0.557. The molecule has 0 amide bonds. The van der Waals surface area contributed by atoms with Gasteiger partial charge in [0.2, 0.25) is 5.71 Å². The minimum absolute atomic E-state index is 0. The molecule has 3 heterocycles. The molecule has 3 aromatic rings. The molecule has 1 N–H and O–H groups in total. The van der Waals surface area contributed by atoms with E-state index in [1.54, 1.807) is 6.20 Å². The zero-order valence-corrected chi connectivity index (χ0v) is 15.0. The standard InChI is InChI=1S/C17H17N3O.HI/c1-11-6-7-13-14-5-4-8-18-17(14)21-16(13)15(11)20-10-9-19(3)12(20)2;/h4-10,12H,1-3H3;1H/t12-;/m0./s1. The van der Waals surface area contributed by atoms with E-state index in [0.29, 0.717) is 11.9 Å². The van der Waals surface area contributed by atoms with Gasteiger partial charge in [0.05, 0.1) is 6.20 Å². The Balaban J connectivity index is 0.00000144. The summed E-state index contributed by atoms with van der Waals surface area (Å²) in [5, 5.41) is 2.22. The fourth-order valence-corrected chi connectivity index (χ4v) is 3.11. The van der Waals surface area contributed by atoms with Crippen LogP contribution >= 0.6 is 0 Å². The van der Waals surface area contributed by atoms with Gasteiger partial charge in [0.15, 0.2) is 17.4 Å². The molecule has 1 aromatic carbocycles. The molecule has 1 aliphatic rings. The highest BCUT2D eigenvalue weighted by atomic mass is 127. The van der Waals surface area contributed by atoms with Crippen LogP contribution in [0.2, 0.25) is 0 Å². The fourth-order valence-electron chi connectivity index (χ4n) is 3.11. The average molecular weight is 407 g/mol. The van der Waals surface area contributed by atoms with Gasteiger partial charge in [-0.25, -0.2) is 4.98 Å². The van der Waals surface area contributed by atoms with Crippen LogP contribution < -0.4 is 28.9 Å². The molecule has 0 radical (unpaired) electrons. The molecule has 22 heavy (non-hydrogen) atoms. The first-order chi connectivity index (χ1) is 10.2. The SMILES string of the molecule is Cc1ccc2c(oc3ncccc32)c1[NH+]1C=CN(C)[C@@H]1C.[I-]. The molecule has 0 bridgehead atoms. The number of quaternary nitrogens is 1. The first-order valence-electron chi connectivity index (χ1n) is 7.21. The van der Waals surface area contributed by atoms with E-state index in [-0.39, 0.29) is 24.0 Å². The van der Waals surface area contributed by atoms with Gasteiger partial charge < -0.3 is 33.3 Å². The zero-order valence-electron chi connectivity index (χ0n) is 12.8. The number of aryl methyl sites for hydroxylation is 1. The number of fused-ring (bicyclic) bond motifs is 3. The number of aromatic nitrogens is 1. The number of pyridine rings is 1. The number of furan rings is 1. The van der Waals surface area contributed by atoms with E-state index in [0.717, 1.165) is 16.4 Å². The Morgan fingerprint density at radius 2 is 2.05 bits per heavy atom. The van der Waals surface area contributed by atoms with Gasteiger partial charge in [-0.15, -0.1) is 0 Å². The minimum atomic E-state index is 0. The molecule has 0 spiro atoms. The first-order valence-corrected chi connectivity index (χ1v) is 7.21. The molecule has 0 saturated heterocycles. The number of hydrogen-bond acceptors (Lipinski definition) is 3. The third kappa shape index (κ3) is 2.11. The van der Waals surface area contributed by atoms with E-state index in [9.17, 15) is 0 Å². The summed E-state index contributed by atoms with van der Waals surface area (Å²) in [6, 6.07) is 8.33. The van der Waals surface area contributed by atoms with Gasteiger partial charge in [0.25, 0.3) is 0 Å². The van der Waals surface area contributed by atoms with Gasteiger partial charge >= 0.3 is 0 Å². The van der Waals surface area contributed by atoms with Crippen LogP contribution in [0.1, 0.15) is 12.5 Å². The van der Waals surface area contributed by atoms with E-state index in [1.807, 2.05) is 6.07 Å². The van der Waals surface area contributed by atoms with E-state index in [4.69, 9.17) is 4.42 Å². The van der Waals surface area contributed by atoms with Crippen molar-refractivity contribution in [2.24, 2.45) is 0 Å². The van der Waals surface area contributed by atoms with Crippen molar-refractivity contribution >= 4 is 27.8 Å². The number of halogens is 1. The summed E-state index contributed by atoms with van der Waals surface area (Å²) in [6.07, 6.45) is 6.44. The predicted molar refractivity (Wildman–Crippen MR) is 83.2 cm³/mol. The number of hydrogen-bond donors (Lipinski definition) is 1. The normalized spacial score (nSPS) is 20.8. The van der Waals surface area contributed by atoms with Gasteiger partial charge in [-0.1, -0.05) is 6.07 Å². The number of nitrogens with zero attached hydrogens (tertiary/aromatic N) is 2. The van der Waals surface area contributed by atoms with E-state index in [1.165, 1.54) is 16.2 Å². The molecule has 0 saturated carbocycles. The van der Waals surface area contributed by atoms with Crippen molar-refractivity contribution in [3.8, 4) is 0 Å². The van der Waals surface area contributed by atoms with Crippen LogP contribution in [0.25, 0.3) is 22.1 Å². The highest BCUT2D eigenvalue weighted by Gasteiger charge is 2.30. The highest BCUT2D eigenvalue weighted by Crippen LogP contribution is 2.33. The lowest BCUT2D eigenvalue weighted by Gasteiger charge is -2.22. The molecular weight excluding hydrogens is 389 g/mol. The van der Waals surface area contributed by atoms with Crippen molar-refractivity contribution in [1.29, 1.82) is 0 Å². The lowest BCUT2D eigenvalue weighted by atomic mass is 10.1. The number of nitrogens with one attached hydrogen (secondary N) is 1. The third-order valence-corrected chi connectivity index (χ3v) is 4.46. The maximum atomic E-state index is 6.08. The number of rotatable bonds is 1. The average Bonchev–Trinajstić information content (AvgIpc) is 3.01. The summed E-state index contributed by atoms with van der Waals surface area (Å²) in [6.45, 7) is 4.36. The van der Waals surface area contributed by atoms with Gasteiger partial charge in [-0.3, -0.25) is 4.90 Å². The predicted octanol–water partition coefficient (Wildman–Crippen LogP) is -0.428. The second-order valence-corrected chi connectivity index (χ2v) is 5.70. The van der Waals surface area contributed by atoms with Crippen LogP contribution in [-0.4, -0.2) is 23.1 Å². The van der Waals surface area contributed by atoms with Gasteiger partial charge in [-0.05, 0) is 25.1 Å². The molecule has 0 aliphatic carbocycles. The van der Waals surface area contributed by atoms with Crippen LogP contribution in [0.15, 0.2) is 47.3 Å². The second-order valence-electron chi connectivity index (χ2n) is 5.70. The molecular formula is C17H18IN3O. The number of benzene rings is 1. The minimum Gasteiger partial charge on any atom is -1.00 e. The smallest absolute Gasteiger partial charge is 0.227 e. The summed E-state index contributed by atoms with van der Waals surface area (Å²) >= 11 is 0. The molecule has 1 aliphatic heterocycles. The van der Waals surface area contributed by atoms with Gasteiger partial charge in [0.1, 0.15) is 6.20 Å². The Labute approximate surface area is 146 Å². The third-order valence-electron chi connectivity index (χ3n) is 4.46. The van der Waals surface area contributed by atoms with E-state index < -0.39 is 0 Å². The summed E-state index contributed by atoms with van der Waals surface area (Å²) in [7, 11) is 2.10. The monoisotopic (exact) mass is 407 g/mol. The van der Waals surface area contributed by atoms with Crippen LogP contribution in [0.5, 0.6) is 0 Å². The van der Waals surface area contributed by atoms with Crippen LogP contribution in [0.4, 0.5) is 5.69 Å². The Hall–Kier alpha value is -1.60. The molecule has 114 valence electrons. The van der Waals surface area contributed by atoms with Gasteiger partial charge in [0, 0.05) is 36.5 Å². The Morgan fingerprint density at radius 3 is 2.77 bits per heavy atom. The molecule has 2 aromatic heterocycles. The van der Waals surface area contributed by atoms with Gasteiger partial charge in [-0.2, -0.15) is 0 Å². The maximum Gasteiger partial charge on any atom is 0.227 e. The lowest BCUT2D eigenvalue weighted by molar-refractivity contribution is -0.806. The molecule has 1 unspecified atom stereocenters. The Morgan fingerprint density at radius 1 is 1.23 bits per heavy atom. The Kier molecular flexibility index (Phi) is 3.86. The first kappa shape index (κ1) is 15.3. The molecule has 4 nitrogen and oxygen atoms in total. The van der Waals surface area contributed by atoms with Crippen LogP contribution in [-0.2, 0) is 0 Å². The zero-order chi connectivity index (χ0) is 14.6. The molecule has 0 fully saturated rings. The summed E-state index contributed by atoms with van der Waals surface area (Å²) in [5.74, 6) is 0. The summed E-state index contributed by atoms with van der Waals surface area (Å²) < 4.78 is 6.08. The fraction of sp³-hybridized carbons (Fsp3) is 0.235. The molecule has 5 heteroatoms. The summed E-state index contributed by atoms with van der Waals surface area (Å²) in [4.78, 5) is 7.87. The van der Waals surface area contributed by atoms with Crippen molar-refractivity contribution in [2.75, 3.05) is 7.05 Å². The maximum absolute atomic E-state index is 6.08. The van der Waals surface area contributed by atoms with E-state index in [2.05, 4.69) is 61.4 Å². The summed E-state index contributed by atoms with van der Waals surface area (Å²) in [5.41, 5.74) is 4.11. The molecule has 2 atom stereocenters. The lowest BCUT2D eigenvalue weighted by Crippen LogP contribution is -3.06. The van der Waals surface area contributed by atoms with Crippen LogP contribution in [0, 0.1) is 6.92 Å². The largest absolute Gasteiger partial charge is 1.00 e. The van der Waals surface area contributed by atoms with Crippen LogP contribution in [0.3, 0.4) is 0 Å². The Bertz CT molecular complexity index is 871. The van der Waals surface area contributed by atoms with Crippen molar-refractivity contribution in [1.82, 2.24) is 9.88 Å².